The van der Waals surface area contributed by atoms with Gasteiger partial charge in [-0.25, -0.2) is 0 Å². The Balaban J connectivity index is 0.00000387. The largest absolute Gasteiger partial charge is 0.303 e. The summed E-state index contributed by atoms with van der Waals surface area (Å²) in [7, 11) is 0. The van der Waals surface area contributed by atoms with E-state index in [0.717, 1.165) is 58.2 Å². The van der Waals surface area contributed by atoms with Crippen molar-refractivity contribution in [3.8, 4) is 6.07 Å². The first-order valence-corrected chi connectivity index (χ1v) is 15.5. The molecule has 1 fully saturated rings. The Morgan fingerprint density at radius 2 is 1.27 bits per heavy atom. The van der Waals surface area contributed by atoms with E-state index in [4.69, 9.17) is 0 Å². The number of rotatable bonds is 11. The van der Waals surface area contributed by atoms with Crippen molar-refractivity contribution in [2.24, 2.45) is 0 Å². The molecule has 2 aliphatic rings. The molecule has 5 rings (SSSR count). The summed E-state index contributed by atoms with van der Waals surface area (Å²) < 4.78 is 0. The van der Waals surface area contributed by atoms with Gasteiger partial charge in [0.25, 0.3) is 0 Å². The zero-order chi connectivity index (χ0) is 27.6. The van der Waals surface area contributed by atoms with Gasteiger partial charge >= 0.3 is 0 Å². The first-order chi connectivity index (χ1) is 19.7. The number of nitrogens with zero attached hydrogens (tertiary/aromatic N) is 2. The Morgan fingerprint density at radius 3 is 1.88 bits per heavy atom. The third kappa shape index (κ3) is 7.40. The van der Waals surface area contributed by atoms with E-state index < -0.39 is 0 Å². The van der Waals surface area contributed by atoms with Crippen LogP contribution < -0.4 is 0 Å². The molecule has 214 valence electrons. The van der Waals surface area contributed by atoms with Gasteiger partial charge in [0.2, 0.25) is 0 Å². The summed E-state index contributed by atoms with van der Waals surface area (Å²) in [6.45, 7) is 5.52. The van der Waals surface area contributed by atoms with Gasteiger partial charge < -0.3 is 4.90 Å². The molecule has 1 heterocycles. The number of hydrogen-bond acceptors (Lipinski definition) is 2. The molecule has 1 aliphatic carbocycles. The van der Waals surface area contributed by atoms with Crippen LogP contribution in [0.5, 0.6) is 0 Å². The summed E-state index contributed by atoms with van der Waals surface area (Å²) in [6.07, 6.45) is 16.0. The lowest BCUT2D eigenvalue weighted by Gasteiger charge is -2.32. The molecule has 0 saturated carbocycles. The Hall–Kier alpha value is -3.12. The molecular formula is C38H45ClN2. The summed E-state index contributed by atoms with van der Waals surface area (Å²) >= 11 is 0. The highest BCUT2D eigenvalue weighted by atomic mass is 35.5. The monoisotopic (exact) mass is 564 g/mol. The van der Waals surface area contributed by atoms with E-state index in [9.17, 15) is 5.26 Å². The topological polar surface area (TPSA) is 27.0 Å². The van der Waals surface area contributed by atoms with Crippen LogP contribution in [0.3, 0.4) is 0 Å². The van der Waals surface area contributed by atoms with Gasteiger partial charge in [0.05, 0.1) is 11.5 Å². The Kier molecular flexibility index (Phi) is 11.4. The Morgan fingerprint density at radius 1 is 0.707 bits per heavy atom. The minimum absolute atomic E-state index is 0. The molecule has 1 saturated heterocycles. The van der Waals surface area contributed by atoms with Gasteiger partial charge in [-0.1, -0.05) is 136 Å². The molecule has 41 heavy (non-hydrogen) atoms. The number of fused-ring (bicyclic) bond motifs is 2. The number of hydrogen-bond donors (Lipinski definition) is 0. The molecule has 1 unspecified atom stereocenters. The predicted octanol–water partition coefficient (Wildman–Crippen LogP) is 10.1. The minimum Gasteiger partial charge on any atom is -0.303 e. The summed E-state index contributed by atoms with van der Waals surface area (Å²) in [5, 5.41) is 10.5. The third-order valence-corrected chi connectivity index (χ3v) is 9.04. The van der Waals surface area contributed by atoms with E-state index in [-0.39, 0.29) is 17.8 Å². The van der Waals surface area contributed by atoms with Crippen molar-refractivity contribution in [3.05, 3.63) is 112 Å². The maximum atomic E-state index is 10.5. The lowest BCUT2D eigenvalue weighted by molar-refractivity contribution is 0.243. The molecular weight excluding hydrogens is 520 g/mol. The van der Waals surface area contributed by atoms with E-state index in [1.807, 2.05) is 0 Å². The van der Waals surface area contributed by atoms with Gasteiger partial charge in [-0.05, 0) is 72.0 Å². The molecule has 3 heteroatoms. The molecule has 2 nitrogen and oxygen atoms in total. The van der Waals surface area contributed by atoms with E-state index >= 15 is 0 Å². The van der Waals surface area contributed by atoms with Gasteiger partial charge in [-0.15, -0.1) is 12.4 Å². The molecule has 0 amide bonds. The lowest BCUT2D eigenvalue weighted by atomic mass is 9.74. The predicted molar refractivity (Wildman–Crippen MR) is 177 cm³/mol. The van der Waals surface area contributed by atoms with Crippen LogP contribution in [0.4, 0.5) is 0 Å². The summed E-state index contributed by atoms with van der Waals surface area (Å²) in [4.78, 5) is 2.63. The van der Waals surface area contributed by atoms with Crippen LogP contribution in [0.15, 0.2) is 84.4 Å². The number of unbranched alkanes of at least 4 members (excludes halogenated alkanes) is 4. The fourth-order valence-corrected chi connectivity index (χ4v) is 6.72. The maximum absolute atomic E-state index is 10.5. The Bertz CT molecular complexity index is 1300. The molecule has 0 radical (unpaired) electrons. The molecule has 1 atom stereocenters. The van der Waals surface area contributed by atoms with E-state index in [2.05, 4.69) is 109 Å². The number of halogens is 1. The van der Waals surface area contributed by atoms with E-state index in [1.54, 1.807) is 5.57 Å². The number of benzene rings is 3. The van der Waals surface area contributed by atoms with Crippen LogP contribution in [0.2, 0.25) is 0 Å². The molecule has 0 N–H and O–H groups in total. The second kappa shape index (κ2) is 15.2. The second-order valence-electron chi connectivity index (χ2n) is 11.7. The van der Waals surface area contributed by atoms with Crippen molar-refractivity contribution in [1.82, 2.24) is 4.90 Å². The summed E-state index contributed by atoms with van der Waals surface area (Å²) in [5.74, 6) is 0. The van der Waals surface area contributed by atoms with Crippen molar-refractivity contribution in [3.63, 3.8) is 0 Å². The maximum Gasteiger partial charge on any atom is 0.0822 e. The van der Waals surface area contributed by atoms with Crippen LogP contribution in [0.25, 0.3) is 17.7 Å². The fourth-order valence-electron chi connectivity index (χ4n) is 6.72. The lowest BCUT2D eigenvalue weighted by Crippen LogP contribution is -2.33. The smallest absolute Gasteiger partial charge is 0.0822 e. The second-order valence-corrected chi connectivity index (χ2v) is 11.7. The highest BCUT2D eigenvalue weighted by molar-refractivity contribution is 5.94. The quantitative estimate of drug-likeness (QED) is 0.169. The zero-order valence-electron chi connectivity index (χ0n) is 24.7. The van der Waals surface area contributed by atoms with Gasteiger partial charge in [-0.3, -0.25) is 0 Å². The molecule has 3 aromatic carbocycles. The van der Waals surface area contributed by atoms with Crippen molar-refractivity contribution in [2.75, 3.05) is 19.6 Å². The summed E-state index contributed by atoms with van der Waals surface area (Å²) in [5.41, 5.74) is 9.24. The molecule has 1 aliphatic heterocycles. The molecule has 0 bridgehead atoms. The first-order valence-electron chi connectivity index (χ1n) is 15.5. The van der Waals surface area contributed by atoms with Gasteiger partial charge in [-0.2, -0.15) is 5.26 Å². The van der Waals surface area contributed by atoms with E-state index in [1.165, 1.54) is 59.1 Å². The van der Waals surface area contributed by atoms with Crippen LogP contribution >= 0.6 is 12.4 Å². The van der Waals surface area contributed by atoms with Crippen molar-refractivity contribution < 1.29 is 0 Å². The van der Waals surface area contributed by atoms with Gasteiger partial charge in [0.15, 0.2) is 0 Å². The SMILES string of the molecule is CCCCCCCC(C#N)(CCCN1CCC(=C2c3ccccc3C=Cc3ccccc32)CC1)c1ccccc1.Cl. The average Bonchev–Trinajstić information content (AvgIpc) is 3.18. The Labute approximate surface area is 254 Å². The number of nitriles is 1. The third-order valence-electron chi connectivity index (χ3n) is 9.04. The highest BCUT2D eigenvalue weighted by Crippen LogP contribution is 2.39. The molecule has 0 spiro atoms. The van der Waals surface area contributed by atoms with Gasteiger partial charge in [0.1, 0.15) is 0 Å². The van der Waals surface area contributed by atoms with Gasteiger partial charge in [0, 0.05) is 13.1 Å². The minimum atomic E-state index is -0.364. The fraction of sp³-hybridized carbons (Fsp3) is 0.395. The van der Waals surface area contributed by atoms with E-state index in [0.29, 0.717) is 0 Å². The highest BCUT2D eigenvalue weighted by Gasteiger charge is 2.32. The number of likely N-dealkylation sites (tertiary alicyclic amines) is 1. The number of piperidine rings is 1. The zero-order valence-corrected chi connectivity index (χ0v) is 25.5. The van der Waals surface area contributed by atoms with Crippen LogP contribution in [0.1, 0.15) is 98.9 Å². The van der Waals surface area contributed by atoms with Crippen molar-refractivity contribution in [1.29, 1.82) is 5.26 Å². The van der Waals surface area contributed by atoms with Crippen molar-refractivity contribution >= 4 is 30.1 Å². The van der Waals surface area contributed by atoms with Crippen molar-refractivity contribution in [2.45, 2.75) is 76.5 Å². The van der Waals surface area contributed by atoms with Crippen LogP contribution in [0, 0.1) is 11.3 Å². The molecule has 3 aromatic rings. The first kappa shape index (κ1) is 30.8. The summed E-state index contributed by atoms with van der Waals surface area (Å²) in [6, 6.07) is 31.1. The van der Waals surface area contributed by atoms with Crippen LogP contribution in [-0.4, -0.2) is 24.5 Å². The standard InChI is InChI=1S/C38H44N2.ClH/c1-2-3-4-5-13-25-38(30-39,34-17-7-6-8-18-34)26-14-27-40-28-23-33(24-29-40)37-35-19-11-9-15-31(35)21-22-32-16-10-12-20-36(32)37;/h6-12,15-22H,2-5,13-14,23-29H2,1H3;1H. The molecule has 0 aromatic heterocycles. The normalized spacial score (nSPS) is 16.1. The average molecular weight is 565 g/mol. The van der Waals surface area contributed by atoms with Crippen LogP contribution in [-0.2, 0) is 5.41 Å².